The first-order chi connectivity index (χ1) is 13.7. The van der Waals surface area contributed by atoms with Crippen LogP contribution < -0.4 is 5.32 Å². The van der Waals surface area contributed by atoms with E-state index < -0.39 is 0 Å². The van der Waals surface area contributed by atoms with E-state index in [9.17, 15) is 4.79 Å². The third-order valence-corrected chi connectivity index (χ3v) is 5.86. The highest BCUT2D eigenvalue weighted by molar-refractivity contribution is 5.81. The van der Waals surface area contributed by atoms with Crippen molar-refractivity contribution in [3.8, 4) is 12.3 Å². The summed E-state index contributed by atoms with van der Waals surface area (Å²) >= 11 is 0. The molecular formula is C22H27N5O. The van der Waals surface area contributed by atoms with Gasteiger partial charge in [0.2, 0.25) is 5.91 Å². The topological polar surface area (TPSA) is 71.6 Å². The van der Waals surface area contributed by atoms with Gasteiger partial charge in [0, 0.05) is 31.7 Å². The van der Waals surface area contributed by atoms with Crippen LogP contribution in [0.1, 0.15) is 63.1 Å². The number of fused-ring (bicyclic) bond motifs is 1. The van der Waals surface area contributed by atoms with Crippen LogP contribution in [0.15, 0.2) is 34.5 Å². The Labute approximate surface area is 165 Å². The van der Waals surface area contributed by atoms with Crippen molar-refractivity contribution in [2.45, 2.75) is 69.5 Å². The van der Waals surface area contributed by atoms with Crippen LogP contribution in [0.5, 0.6) is 0 Å². The zero-order valence-electron chi connectivity index (χ0n) is 16.2. The van der Waals surface area contributed by atoms with Crippen molar-refractivity contribution in [2.24, 2.45) is 10.2 Å². The molecule has 0 atom stereocenters. The average Bonchev–Trinajstić information content (AvgIpc) is 3.41. The molecule has 1 aromatic heterocycles. The molecule has 4 rings (SSSR count). The summed E-state index contributed by atoms with van der Waals surface area (Å²) in [6.07, 6.45) is 13.6. The van der Waals surface area contributed by atoms with E-state index in [-0.39, 0.29) is 11.6 Å². The van der Waals surface area contributed by atoms with Crippen LogP contribution in [-0.4, -0.2) is 27.7 Å². The quantitative estimate of drug-likeness (QED) is 0.702. The molecule has 2 aromatic rings. The predicted molar refractivity (Wildman–Crippen MR) is 109 cm³/mol. The lowest BCUT2D eigenvalue weighted by atomic mass is 9.88. The molecule has 0 saturated heterocycles. The number of hydrogen-bond donors (Lipinski definition) is 1. The van der Waals surface area contributed by atoms with Crippen LogP contribution in [0.4, 0.5) is 0 Å². The summed E-state index contributed by atoms with van der Waals surface area (Å²) < 4.78 is 2.11. The molecule has 0 unspecified atom stereocenters. The van der Waals surface area contributed by atoms with Crippen LogP contribution >= 0.6 is 0 Å². The summed E-state index contributed by atoms with van der Waals surface area (Å²) in [5.74, 6) is 4.15. The summed E-state index contributed by atoms with van der Waals surface area (Å²) in [6.45, 7) is 0.861. The second-order valence-corrected chi connectivity index (χ2v) is 7.87. The highest BCUT2D eigenvalue weighted by atomic mass is 16.1. The molecule has 6 heteroatoms. The lowest BCUT2D eigenvalue weighted by molar-refractivity contribution is -0.121. The normalized spacial score (nSPS) is 18.1. The van der Waals surface area contributed by atoms with Gasteiger partial charge in [-0.05, 0) is 25.0 Å². The van der Waals surface area contributed by atoms with Crippen molar-refractivity contribution in [2.75, 3.05) is 6.54 Å². The van der Waals surface area contributed by atoms with Gasteiger partial charge in [0.15, 0.2) is 5.66 Å². The van der Waals surface area contributed by atoms with Crippen molar-refractivity contribution >= 4 is 16.9 Å². The van der Waals surface area contributed by atoms with E-state index in [0.29, 0.717) is 31.8 Å². The van der Waals surface area contributed by atoms with Crippen LogP contribution in [0.3, 0.4) is 0 Å². The van der Waals surface area contributed by atoms with Gasteiger partial charge in [-0.15, -0.1) is 12.3 Å². The number of imidazole rings is 1. The van der Waals surface area contributed by atoms with Gasteiger partial charge >= 0.3 is 0 Å². The van der Waals surface area contributed by atoms with E-state index in [1.807, 2.05) is 18.2 Å². The maximum Gasteiger partial charge on any atom is 0.240 e. The number of nitrogens with zero attached hydrogens (tertiary/aromatic N) is 4. The molecule has 28 heavy (non-hydrogen) atoms. The molecule has 146 valence electrons. The largest absolute Gasteiger partial charge is 0.354 e. The standard InChI is InChI=1S/C22H27N5O/c1-2-3-13-22(25-26-22)14-15-23-20(28)16-27-19-12-8-7-11-18(19)24-21(27)17-9-5-4-6-10-17/h1,7-8,11-12,17H,3-6,9-10,13-16H2,(H,23,28). The van der Waals surface area contributed by atoms with Gasteiger partial charge in [0.1, 0.15) is 12.4 Å². The molecule has 1 amide bonds. The summed E-state index contributed by atoms with van der Waals surface area (Å²) in [5, 5.41) is 11.3. The molecule has 1 aromatic carbocycles. The lowest BCUT2D eigenvalue weighted by Gasteiger charge is -2.22. The van der Waals surface area contributed by atoms with Crippen molar-refractivity contribution in [3.63, 3.8) is 0 Å². The minimum atomic E-state index is -0.353. The van der Waals surface area contributed by atoms with E-state index in [1.165, 1.54) is 19.3 Å². The Morgan fingerprint density at radius 2 is 2.00 bits per heavy atom. The number of para-hydroxylation sites is 2. The number of aromatic nitrogens is 2. The Morgan fingerprint density at radius 1 is 1.21 bits per heavy atom. The van der Waals surface area contributed by atoms with E-state index in [4.69, 9.17) is 11.4 Å². The maximum atomic E-state index is 12.7. The number of hydrogen-bond acceptors (Lipinski definition) is 4. The van der Waals surface area contributed by atoms with Crippen molar-refractivity contribution in [3.05, 3.63) is 30.1 Å². The molecule has 1 aliphatic heterocycles. The highest BCUT2D eigenvalue weighted by Gasteiger charge is 2.38. The van der Waals surface area contributed by atoms with Gasteiger partial charge in [-0.2, -0.15) is 10.2 Å². The van der Waals surface area contributed by atoms with Gasteiger partial charge in [0.25, 0.3) is 0 Å². The zero-order chi connectivity index (χ0) is 19.4. The van der Waals surface area contributed by atoms with Gasteiger partial charge in [0.05, 0.1) is 11.0 Å². The van der Waals surface area contributed by atoms with E-state index in [0.717, 1.165) is 36.1 Å². The smallest absolute Gasteiger partial charge is 0.240 e. The van der Waals surface area contributed by atoms with E-state index >= 15 is 0 Å². The van der Waals surface area contributed by atoms with Gasteiger partial charge in [-0.1, -0.05) is 31.4 Å². The second-order valence-electron chi connectivity index (χ2n) is 7.87. The van der Waals surface area contributed by atoms with Crippen LogP contribution in [0.25, 0.3) is 11.0 Å². The Balaban J connectivity index is 1.42. The molecule has 1 aliphatic carbocycles. The van der Waals surface area contributed by atoms with Crippen molar-refractivity contribution < 1.29 is 4.79 Å². The fraction of sp³-hybridized carbons (Fsp3) is 0.545. The van der Waals surface area contributed by atoms with Gasteiger partial charge in [-0.3, -0.25) is 4.79 Å². The van der Waals surface area contributed by atoms with E-state index in [2.05, 4.69) is 32.1 Å². The first kappa shape index (κ1) is 18.7. The third-order valence-electron chi connectivity index (χ3n) is 5.86. The van der Waals surface area contributed by atoms with Crippen LogP contribution in [-0.2, 0) is 11.3 Å². The maximum absolute atomic E-state index is 12.7. The Kier molecular flexibility index (Phi) is 5.43. The Morgan fingerprint density at radius 3 is 2.75 bits per heavy atom. The molecule has 6 nitrogen and oxygen atoms in total. The summed E-state index contributed by atoms with van der Waals surface area (Å²) in [5.41, 5.74) is 1.66. The number of carbonyl (C=O) groups is 1. The number of rotatable bonds is 8. The Hall–Kier alpha value is -2.68. The molecule has 1 saturated carbocycles. The average molecular weight is 377 g/mol. The number of amides is 1. The van der Waals surface area contributed by atoms with Crippen molar-refractivity contribution in [1.29, 1.82) is 0 Å². The molecule has 2 heterocycles. The number of benzene rings is 1. The first-order valence-corrected chi connectivity index (χ1v) is 10.3. The third kappa shape index (κ3) is 4.09. The predicted octanol–water partition coefficient (Wildman–Crippen LogP) is 4.17. The summed E-state index contributed by atoms with van der Waals surface area (Å²) in [7, 11) is 0. The van der Waals surface area contributed by atoms with E-state index in [1.54, 1.807) is 0 Å². The monoisotopic (exact) mass is 377 g/mol. The molecule has 1 fully saturated rings. The molecular weight excluding hydrogens is 350 g/mol. The summed E-state index contributed by atoms with van der Waals surface area (Å²) in [4.78, 5) is 17.5. The molecule has 0 radical (unpaired) electrons. The molecule has 2 aliphatic rings. The number of terminal acetylenes is 1. The number of carbonyl (C=O) groups excluding carboxylic acids is 1. The van der Waals surface area contributed by atoms with Crippen LogP contribution in [0.2, 0.25) is 0 Å². The fourth-order valence-electron chi connectivity index (χ4n) is 4.20. The number of nitrogens with one attached hydrogen (secondary N) is 1. The Bertz CT molecular complexity index is 911. The minimum absolute atomic E-state index is 0.00737. The zero-order valence-corrected chi connectivity index (χ0v) is 16.2. The highest BCUT2D eigenvalue weighted by Crippen LogP contribution is 2.36. The molecule has 1 N–H and O–H groups in total. The van der Waals surface area contributed by atoms with Gasteiger partial charge < -0.3 is 9.88 Å². The lowest BCUT2D eigenvalue weighted by Crippen LogP contribution is -2.31. The SMILES string of the molecule is C#CCCC1(CCNC(=O)Cn2c(C3CCCCC3)nc3ccccc32)N=N1. The first-order valence-electron chi connectivity index (χ1n) is 10.3. The van der Waals surface area contributed by atoms with Gasteiger partial charge in [-0.25, -0.2) is 4.98 Å². The molecule has 0 bridgehead atoms. The minimum Gasteiger partial charge on any atom is -0.354 e. The molecule has 0 spiro atoms. The van der Waals surface area contributed by atoms with Crippen LogP contribution in [0, 0.1) is 12.3 Å². The fourth-order valence-corrected chi connectivity index (χ4v) is 4.20. The van der Waals surface area contributed by atoms with Crippen molar-refractivity contribution in [1.82, 2.24) is 14.9 Å². The second kappa shape index (κ2) is 8.14. The summed E-state index contributed by atoms with van der Waals surface area (Å²) in [6, 6.07) is 8.09.